The molecule has 0 fully saturated rings. The molecule has 36 heavy (non-hydrogen) atoms. The van der Waals surface area contributed by atoms with Gasteiger partial charge < -0.3 is 4.42 Å². The molecule has 3 aromatic heterocycles. The van der Waals surface area contributed by atoms with Gasteiger partial charge in [0.2, 0.25) is 5.95 Å². The van der Waals surface area contributed by atoms with Crippen LogP contribution < -0.4 is 4.90 Å². The minimum absolute atomic E-state index is 0.587. The predicted molar refractivity (Wildman–Crippen MR) is 144 cm³/mol. The van der Waals surface area contributed by atoms with E-state index in [4.69, 9.17) is 14.4 Å². The van der Waals surface area contributed by atoms with Crippen molar-refractivity contribution in [3.8, 4) is 22.5 Å². The van der Waals surface area contributed by atoms with Crippen LogP contribution in [0.2, 0.25) is 0 Å². The summed E-state index contributed by atoms with van der Waals surface area (Å²) in [6.07, 6.45) is 1.78. The number of hydrogen-bond donors (Lipinski definition) is 0. The Hall–Kier alpha value is -5.03. The third-order valence-corrected chi connectivity index (χ3v) is 6.87. The third-order valence-electron chi connectivity index (χ3n) is 6.87. The SMILES string of the molecule is c1ccc(-c2nc(N3c4ccccc4-c4cccc5cccc3c45)nc3c2oc2ccccc23)nc1. The van der Waals surface area contributed by atoms with Crippen LogP contribution in [0, 0.1) is 0 Å². The number of rotatable bonds is 2. The summed E-state index contributed by atoms with van der Waals surface area (Å²) in [5.41, 5.74) is 8.09. The van der Waals surface area contributed by atoms with Gasteiger partial charge in [-0.3, -0.25) is 9.88 Å². The molecule has 5 heteroatoms. The average Bonchev–Trinajstić information content (AvgIpc) is 3.32. The van der Waals surface area contributed by atoms with Gasteiger partial charge in [0.15, 0.2) is 5.58 Å². The van der Waals surface area contributed by atoms with E-state index < -0.39 is 0 Å². The second-order valence-corrected chi connectivity index (χ2v) is 8.90. The molecule has 5 nitrogen and oxygen atoms in total. The smallest absolute Gasteiger partial charge is 0.236 e. The number of fused-ring (bicyclic) bond motifs is 5. The average molecular weight is 463 g/mol. The van der Waals surface area contributed by atoms with Gasteiger partial charge in [0.1, 0.15) is 16.8 Å². The maximum atomic E-state index is 6.28. The Morgan fingerprint density at radius 3 is 2.33 bits per heavy atom. The molecule has 4 heterocycles. The van der Waals surface area contributed by atoms with Crippen LogP contribution in [-0.4, -0.2) is 15.0 Å². The molecule has 0 N–H and O–H groups in total. The molecule has 0 saturated carbocycles. The van der Waals surface area contributed by atoms with Crippen LogP contribution in [0.25, 0.3) is 55.4 Å². The molecule has 1 aliphatic heterocycles. The molecule has 7 aromatic rings. The van der Waals surface area contributed by atoms with Gasteiger partial charge in [0.05, 0.1) is 17.1 Å². The highest BCUT2D eigenvalue weighted by Gasteiger charge is 2.29. The standard InChI is InChI=1S/C31H18N4O/c1-3-15-24-20(11-1)21-13-7-9-19-10-8-16-25(27(19)21)35(24)31-33-28-22-12-2-4-17-26(22)36-30(28)29(34-31)23-14-5-6-18-32-23/h1-18H. The largest absolute Gasteiger partial charge is 0.452 e. The van der Waals surface area contributed by atoms with Crippen LogP contribution >= 0.6 is 0 Å². The lowest BCUT2D eigenvalue weighted by atomic mass is 9.91. The van der Waals surface area contributed by atoms with Gasteiger partial charge in [-0.05, 0) is 47.3 Å². The zero-order valence-corrected chi connectivity index (χ0v) is 19.1. The molecule has 0 aliphatic carbocycles. The minimum Gasteiger partial charge on any atom is -0.452 e. The van der Waals surface area contributed by atoms with Gasteiger partial charge in [0, 0.05) is 22.5 Å². The van der Waals surface area contributed by atoms with Crippen molar-refractivity contribution in [2.75, 3.05) is 4.90 Å². The van der Waals surface area contributed by atoms with Crippen molar-refractivity contribution >= 4 is 50.2 Å². The predicted octanol–water partition coefficient (Wildman–Crippen LogP) is 8.04. The first-order chi connectivity index (χ1) is 17.9. The summed E-state index contributed by atoms with van der Waals surface area (Å²) in [7, 11) is 0. The minimum atomic E-state index is 0.587. The molecule has 8 rings (SSSR count). The summed E-state index contributed by atoms with van der Waals surface area (Å²) >= 11 is 0. The second kappa shape index (κ2) is 7.23. The molecule has 168 valence electrons. The first-order valence-corrected chi connectivity index (χ1v) is 11.9. The van der Waals surface area contributed by atoms with E-state index in [1.54, 1.807) is 6.20 Å². The summed E-state index contributed by atoms with van der Waals surface area (Å²) in [4.78, 5) is 17.0. The summed E-state index contributed by atoms with van der Waals surface area (Å²) in [6.45, 7) is 0. The number of furan rings is 1. The fourth-order valence-corrected chi connectivity index (χ4v) is 5.33. The Morgan fingerprint density at radius 1 is 0.639 bits per heavy atom. The van der Waals surface area contributed by atoms with Crippen LogP contribution in [0.5, 0.6) is 0 Å². The van der Waals surface area contributed by atoms with Crippen molar-refractivity contribution in [3.05, 3.63) is 109 Å². The van der Waals surface area contributed by atoms with Gasteiger partial charge in [-0.15, -0.1) is 0 Å². The number of nitrogens with zero attached hydrogens (tertiary/aromatic N) is 4. The van der Waals surface area contributed by atoms with E-state index in [1.165, 1.54) is 16.3 Å². The Kier molecular flexibility index (Phi) is 3.88. The number of para-hydroxylation sites is 2. The zero-order valence-electron chi connectivity index (χ0n) is 19.1. The summed E-state index contributed by atoms with van der Waals surface area (Å²) in [6, 6.07) is 35.1. The van der Waals surface area contributed by atoms with E-state index in [9.17, 15) is 0 Å². The van der Waals surface area contributed by atoms with E-state index in [0.29, 0.717) is 17.2 Å². The molecule has 0 amide bonds. The number of hydrogen-bond acceptors (Lipinski definition) is 5. The van der Waals surface area contributed by atoms with Gasteiger partial charge >= 0.3 is 0 Å². The molecule has 4 aromatic carbocycles. The van der Waals surface area contributed by atoms with Crippen molar-refractivity contribution in [1.29, 1.82) is 0 Å². The number of pyridine rings is 1. The molecular formula is C31H18N4O. The second-order valence-electron chi connectivity index (χ2n) is 8.90. The normalized spacial score (nSPS) is 12.4. The Balaban J connectivity index is 1.51. The first-order valence-electron chi connectivity index (χ1n) is 11.9. The summed E-state index contributed by atoms with van der Waals surface area (Å²) in [5.74, 6) is 0.587. The Bertz CT molecular complexity index is 1950. The monoisotopic (exact) mass is 462 g/mol. The van der Waals surface area contributed by atoms with Crippen molar-refractivity contribution < 1.29 is 4.42 Å². The Labute approximate surface area is 206 Å². The number of benzene rings is 4. The lowest BCUT2D eigenvalue weighted by molar-refractivity contribution is 0.667. The fraction of sp³-hybridized carbons (Fsp3) is 0. The van der Waals surface area contributed by atoms with Crippen molar-refractivity contribution in [2.45, 2.75) is 0 Å². The maximum absolute atomic E-state index is 6.28. The van der Waals surface area contributed by atoms with Crippen LogP contribution in [0.3, 0.4) is 0 Å². The van der Waals surface area contributed by atoms with Gasteiger partial charge in [-0.25, -0.2) is 9.97 Å². The molecule has 0 atom stereocenters. The maximum Gasteiger partial charge on any atom is 0.236 e. The van der Waals surface area contributed by atoms with Crippen LogP contribution in [0.1, 0.15) is 0 Å². The molecule has 0 spiro atoms. The lowest BCUT2D eigenvalue weighted by Crippen LogP contribution is -2.18. The quantitative estimate of drug-likeness (QED) is 0.260. The van der Waals surface area contributed by atoms with Crippen LogP contribution in [-0.2, 0) is 0 Å². The van der Waals surface area contributed by atoms with Gasteiger partial charge in [-0.2, -0.15) is 0 Å². The van der Waals surface area contributed by atoms with Crippen molar-refractivity contribution in [3.63, 3.8) is 0 Å². The van der Waals surface area contributed by atoms with Crippen molar-refractivity contribution in [1.82, 2.24) is 15.0 Å². The van der Waals surface area contributed by atoms with E-state index >= 15 is 0 Å². The third kappa shape index (κ3) is 2.62. The van der Waals surface area contributed by atoms with Crippen molar-refractivity contribution in [2.24, 2.45) is 0 Å². The van der Waals surface area contributed by atoms with E-state index in [1.807, 2.05) is 42.5 Å². The molecule has 0 saturated heterocycles. The Morgan fingerprint density at radius 2 is 1.42 bits per heavy atom. The highest BCUT2D eigenvalue weighted by atomic mass is 16.3. The van der Waals surface area contributed by atoms with E-state index in [-0.39, 0.29) is 0 Å². The molecular weight excluding hydrogens is 444 g/mol. The number of anilines is 3. The van der Waals surface area contributed by atoms with E-state index in [2.05, 4.69) is 70.5 Å². The molecule has 0 radical (unpaired) electrons. The summed E-state index contributed by atoms with van der Waals surface area (Å²) in [5, 5.41) is 3.33. The lowest BCUT2D eigenvalue weighted by Gasteiger charge is -2.31. The highest BCUT2D eigenvalue weighted by molar-refractivity contribution is 6.14. The topological polar surface area (TPSA) is 55.1 Å². The number of aromatic nitrogens is 3. The van der Waals surface area contributed by atoms with E-state index in [0.717, 1.165) is 39.1 Å². The van der Waals surface area contributed by atoms with Gasteiger partial charge in [-0.1, -0.05) is 66.7 Å². The molecule has 0 unspecified atom stereocenters. The van der Waals surface area contributed by atoms with Crippen LogP contribution in [0.4, 0.5) is 17.3 Å². The molecule has 0 bridgehead atoms. The van der Waals surface area contributed by atoms with Gasteiger partial charge in [0.25, 0.3) is 0 Å². The highest BCUT2D eigenvalue weighted by Crippen LogP contribution is 2.50. The zero-order chi connectivity index (χ0) is 23.6. The molecule has 1 aliphatic rings. The van der Waals surface area contributed by atoms with Crippen LogP contribution in [0.15, 0.2) is 114 Å². The fourth-order valence-electron chi connectivity index (χ4n) is 5.33. The first kappa shape index (κ1) is 19.3. The summed E-state index contributed by atoms with van der Waals surface area (Å²) < 4.78 is 6.28.